The smallest absolute Gasteiger partial charge is 0.380 e. The van der Waals surface area contributed by atoms with E-state index in [-0.39, 0.29) is 9.75 Å². The second-order valence-corrected chi connectivity index (χ2v) is 18.9. The maximum atomic E-state index is 16.9. The number of alkyl halides is 6. The normalized spacial score (nSPS) is 15.0. The quantitative estimate of drug-likeness (QED) is 0.121. The van der Waals surface area contributed by atoms with E-state index < -0.39 is 40.0 Å². The number of hydrogen-bond donors (Lipinski definition) is 0. The SMILES string of the molecule is COc1ccc(-c2sc(-c3ccc(Br)cc3)cc2C2=C(c3cc(-c4ccc(N(c5ccc(Cl)cc5)c5ccc(Cl)cc5)cc4)sc3-c3ccc(OC)cc3)C(F)(F)C(F)(F)C2(F)F)cc1. The van der Waals surface area contributed by atoms with Gasteiger partial charge in [0.1, 0.15) is 11.5 Å². The van der Waals surface area contributed by atoms with Gasteiger partial charge in [0.25, 0.3) is 0 Å². The van der Waals surface area contributed by atoms with Crippen molar-refractivity contribution in [2.75, 3.05) is 19.1 Å². The molecular formula is C51H32BrCl2F6NO2S2. The van der Waals surface area contributed by atoms with Gasteiger partial charge in [-0.2, -0.15) is 26.3 Å². The highest BCUT2D eigenvalue weighted by Crippen LogP contribution is 2.67. The van der Waals surface area contributed by atoms with Crippen molar-refractivity contribution in [3.63, 3.8) is 0 Å². The van der Waals surface area contributed by atoms with Crippen LogP contribution >= 0.6 is 61.8 Å². The van der Waals surface area contributed by atoms with E-state index in [2.05, 4.69) is 15.9 Å². The van der Waals surface area contributed by atoms with Crippen molar-refractivity contribution in [2.24, 2.45) is 0 Å². The van der Waals surface area contributed by atoms with E-state index in [1.54, 1.807) is 109 Å². The van der Waals surface area contributed by atoms with Gasteiger partial charge in [0, 0.05) is 73.4 Å². The van der Waals surface area contributed by atoms with Gasteiger partial charge in [-0.05, 0) is 156 Å². The van der Waals surface area contributed by atoms with Crippen LogP contribution in [0.25, 0.3) is 52.9 Å². The molecule has 0 atom stereocenters. The van der Waals surface area contributed by atoms with Crippen LogP contribution in [-0.4, -0.2) is 32.0 Å². The van der Waals surface area contributed by atoms with Crippen LogP contribution in [0.4, 0.5) is 43.4 Å². The Morgan fingerprint density at radius 3 is 1.14 bits per heavy atom. The first-order chi connectivity index (χ1) is 31.1. The van der Waals surface area contributed by atoms with Crippen LogP contribution in [0, 0.1) is 0 Å². The predicted octanol–water partition coefficient (Wildman–Crippen LogP) is 17.9. The summed E-state index contributed by atoms with van der Waals surface area (Å²) >= 11 is 17.9. The molecule has 0 N–H and O–H groups in total. The zero-order valence-electron chi connectivity index (χ0n) is 34.0. The lowest BCUT2D eigenvalue weighted by molar-refractivity contribution is -0.254. The van der Waals surface area contributed by atoms with Crippen LogP contribution in [0.3, 0.4) is 0 Å². The number of halogens is 9. The standard InChI is InChI=1S/C51H32BrCl2F6NO2S2/c1-62-39-23-7-31(8-24-39)47-41(27-43(64-47)29-3-11-33(52)12-4-29)45-46(50(57,58)51(59,60)49(45,55)56)42-28-44(65-48(42)32-9-25-40(63-2)26-10-32)30-5-17-36(18-6-30)61(37-19-13-34(53)14-20-37)38-21-15-35(54)16-22-38/h3-28H,1-2H3. The summed E-state index contributed by atoms with van der Waals surface area (Å²) in [6.07, 6.45) is 0. The van der Waals surface area contributed by atoms with Crippen molar-refractivity contribution in [1.82, 2.24) is 0 Å². The average molecular weight is 1020 g/mol. The third-order valence-electron chi connectivity index (χ3n) is 11.1. The molecule has 1 aliphatic rings. The van der Waals surface area contributed by atoms with Gasteiger partial charge in [-0.1, -0.05) is 63.4 Å². The Bertz CT molecular complexity index is 3000. The van der Waals surface area contributed by atoms with Gasteiger partial charge in [-0.15, -0.1) is 22.7 Å². The number of benzene rings is 6. The lowest BCUT2D eigenvalue weighted by Gasteiger charge is -2.26. The van der Waals surface area contributed by atoms with Crippen molar-refractivity contribution < 1.29 is 35.8 Å². The van der Waals surface area contributed by atoms with Gasteiger partial charge < -0.3 is 14.4 Å². The summed E-state index contributed by atoms with van der Waals surface area (Å²) in [6, 6.07) is 43.8. The van der Waals surface area contributed by atoms with Crippen molar-refractivity contribution in [3.8, 4) is 53.3 Å². The molecule has 328 valence electrons. The minimum atomic E-state index is -5.81. The highest BCUT2D eigenvalue weighted by molar-refractivity contribution is 9.10. The maximum Gasteiger partial charge on any atom is 0.380 e. The van der Waals surface area contributed by atoms with Crippen LogP contribution in [0.2, 0.25) is 10.0 Å². The highest BCUT2D eigenvalue weighted by atomic mass is 79.9. The number of methoxy groups -OCH3 is 2. The van der Waals surface area contributed by atoms with Gasteiger partial charge in [0.05, 0.1) is 14.2 Å². The predicted molar refractivity (Wildman–Crippen MR) is 258 cm³/mol. The molecule has 3 nitrogen and oxygen atoms in total. The number of rotatable bonds is 11. The van der Waals surface area contributed by atoms with Crippen molar-refractivity contribution in [3.05, 3.63) is 183 Å². The van der Waals surface area contributed by atoms with E-state index in [4.69, 9.17) is 32.7 Å². The fourth-order valence-corrected chi connectivity index (χ4v) is 10.7. The van der Waals surface area contributed by atoms with Crippen LogP contribution in [0.15, 0.2) is 162 Å². The number of ether oxygens (including phenoxy) is 2. The molecule has 14 heteroatoms. The van der Waals surface area contributed by atoms with E-state index in [1.807, 2.05) is 41.3 Å². The van der Waals surface area contributed by atoms with E-state index in [0.717, 1.165) is 38.5 Å². The number of anilines is 3. The molecule has 9 rings (SSSR count). The molecule has 1 aliphatic carbocycles. The molecule has 0 saturated carbocycles. The topological polar surface area (TPSA) is 21.7 Å². The Kier molecular flexibility index (Phi) is 11.9. The molecular weight excluding hydrogens is 987 g/mol. The van der Waals surface area contributed by atoms with Gasteiger partial charge in [-0.3, -0.25) is 0 Å². The minimum absolute atomic E-state index is 0.0886. The third-order valence-corrected chi connectivity index (χ3v) is 14.6. The molecule has 0 unspecified atom stereocenters. The largest absolute Gasteiger partial charge is 0.497 e. The first-order valence-corrected chi connectivity index (χ1v) is 22.9. The number of nitrogens with zero attached hydrogens (tertiary/aromatic N) is 1. The second-order valence-electron chi connectivity index (χ2n) is 15.0. The zero-order valence-corrected chi connectivity index (χ0v) is 38.7. The number of allylic oxidation sites excluding steroid dienone is 2. The van der Waals surface area contributed by atoms with Gasteiger partial charge >= 0.3 is 17.8 Å². The minimum Gasteiger partial charge on any atom is -0.497 e. The Labute approximate surface area is 396 Å². The summed E-state index contributed by atoms with van der Waals surface area (Å²) < 4.78 is 111. The number of thiophene rings is 2. The van der Waals surface area contributed by atoms with E-state index in [0.29, 0.717) is 59.2 Å². The van der Waals surface area contributed by atoms with Crippen molar-refractivity contribution in [2.45, 2.75) is 17.8 Å². The molecule has 65 heavy (non-hydrogen) atoms. The van der Waals surface area contributed by atoms with E-state index in [1.165, 1.54) is 26.4 Å². The summed E-state index contributed by atoms with van der Waals surface area (Å²) in [5.41, 5.74) is 0.272. The maximum absolute atomic E-state index is 16.9. The molecule has 6 aromatic carbocycles. The Balaban J connectivity index is 1.27. The highest BCUT2D eigenvalue weighted by Gasteiger charge is 2.80. The molecule has 0 radical (unpaired) electrons. The molecule has 2 heterocycles. The van der Waals surface area contributed by atoms with Crippen LogP contribution in [0.1, 0.15) is 11.1 Å². The Hall–Kier alpha value is -5.50. The lowest BCUT2D eigenvalue weighted by Crippen LogP contribution is -2.48. The van der Waals surface area contributed by atoms with E-state index in [9.17, 15) is 0 Å². The molecule has 0 aliphatic heterocycles. The summed E-state index contributed by atoms with van der Waals surface area (Å²) in [5, 5.41) is 1.09. The summed E-state index contributed by atoms with van der Waals surface area (Å²) in [5.74, 6) is -15.6. The molecule has 0 bridgehead atoms. The first kappa shape index (κ1) is 44.7. The molecule has 0 spiro atoms. The fourth-order valence-electron chi connectivity index (χ4n) is 7.80. The summed E-state index contributed by atoms with van der Waals surface area (Å²) in [6.45, 7) is 0. The second kappa shape index (κ2) is 17.4. The first-order valence-electron chi connectivity index (χ1n) is 19.7. The third kappa shape index (κ3) is 8.03. The summed E-state index contributed by atoms with van der Waals surface area (Å²) in [7, 11) is 2.91. The fraction of sp³-hybridized carbons (Fsp3) is 0.0980. The van der Waals surface area contributed by atoms with Crippen LogP contribution in [0.5, 0.6) is 11.5 Å². The lowest BCUT2D eigenvalue weighted by atomic mass is 9.92. The molecule has 2 aromatic heterocycles. The van der Waals surface area contributed by atoms with Gasteiger partial charge in [-0.25, -0.2) is 0 Å². The average Bonchev–Trinajstić information content (AvgIpc) is 3.97. The number of hydrogen-bond acceptors (Lipinski definition) is 5. The molecule has 0 fully saturated rings. The van der Waals surface area contributed by atoms with E-state index >= 15 is 26.3 Å². The molecule has 0 saturated heterocycles. The van der Waals surface area contributed by atoms with Gasteiger partial charge in [0.15, 0.2) is 0 Å². The van der Waals surface area contributed by atoms with Crippen LogP contribution in [-0.2, 0) is 0 Å². The summed E-state index contributed by atoms with van der Waals surface area (Å²) in [4.78, 5) is 2.94. The molecule has 8 aromatic rings. The monoisotopic (exact) mass is 1020 g/mol. The van der Waals surface area contributed by atoms with Crippen LogP contribution < -0.4 is 14.4 Å². The Morgan fingerprint density at radius 1 is 0.462 bits per heavy atom. The Morgan fingerprint density at radius 2 is 0.785 bits per heavy atom. The van der Waals surface area contributed by atoms with Crippen molar-refractivity contribution in [1.29, 1.82) is 0 Å². The molecule has 0 amide bonds. The van der Waals surface area contributed by atoms with Crippen molar-refractivity contribution >= 4 is 90.0 Å². The zero-order chi connectivity index (χ0) is 45.8. The van der Waals surface area contributed by atoms with Gasteiger partial charge in [0.2, 0.25) is 0 Å².